The Morgan fingerprint density at radius 3 is 2.61 bits per heavy atom. The number of aromatic amines is 1. The number of Topliss-reactive ketones (excluding diaryl/α,β-unsaturated/α-hetero) is 2. The van der Waals surface area contributed by atoms with Gasteiger partial charge in [0, 0.05) is 48.0 Å². The highest BCUT2D eigenvalue weighted by Gasteiger charge is 2.69. The van der Waals surface area contributed by atoms with Crippen molar-refractivity contribution in [1.82, 2.24) is 10.3 Å². The summed E-state index contributed by atoms with van der Waals surface area (Å²) in [5.74, 6) is -3.18. The molecule has 2 aliphatic carbocycles. The first-order valence-electron chi connectivity index (χ1n) is 14.4. The molecule has 1 aliphatic heterocycles. The number of nitrogens with one attached hydrogen (secondary N) is 2. The van der Waals surface area contributed by atoms with Crippen molar-refractivity contribution in [1.29, 1.82) is 0 Å². The third-order valence-corrected chi connectivity index (χ3v) is 9.65. The number of para-hydroxylation sites is 1. The van der Waals surface area contributed by atoms with Crippen LogP contribution in [-0.2, 0) is 19.1 Å². The molecule has 4 N–H and O–H groups in total. The van der Waals surface area contributed by atoms with Crippen molar-refractivity contribution >= 4 is 28.4 Å². The highest BCUT2D eigenvalue weighted by Crippen LogP contribution is 2.58. The Bertz CT molecular complexity index is 1440. The predicted molar refractivity (Wildman–Crippen MR) is 156 cm³/mol. The number of ether oxygens (including phenoxy) is 1. The first-order chi connectivity index (χ1) is 19.5. The summed E-state index contributed by atoms with van der Waals surface area (Å²) in [5.41, 5.74) is 1.16. The predicted octanol–water partition coefficient (Wildman–Crippen LogP) is 3.96. The fourth-order valence-electron chi connectivity index (χ4n) is 7.55. The molecule has 5 rings (SSSR count). The van der Waals surface area contributed by atoms with Crippen LogP contribution in [-0.4, -0.2) is 58.0 Å². The molecule has 1 aromatic heterocycles. The fraction of sp³-hybridized carbons (Fsp3) is 0.485. The molecular weight excluding hydrogens is 520 g/mol. The van der Waals surface area contributed by atoms with Gasteiger partial charge in [0.25, 0.3) is 0 Å². The minimum absolute atomic E-state index is 0.0293. The number of aliphatic hydroxyl groups is 2. The normalized spacial score (nSPS) is 37.6. The number of allylic oxidation sites excluding steroid dienone is 2. The van der Waals surface area contributed by atoms with Crippen molar-refractivity contribution in [2.24, 2.45) is 29.1 Å². The standard InChI is InChI=1S/C33H40N2O6/c1-17-9-8-11-23-30(39)20(4)19(3)27-28(31(41-5)22-16-34-24-12-7-6-10-21(22)24)35-32(40)33(23,27)26(37)14-13-25(36)29(38)18(2)15-17/h6-8,10-12,15-17,19,23,25,27-28,30-31,34,36,39H,4,9,13-14H2,1-3,5H3,(H,35,40)/b11-8+,18-15+/t17-,19+,23-,25-,27-,28+,30+,31?,33+/m0/s1. The highest BCUT2D eigenvalue weighted by molar-refractivity contribution is 6.09. The molecule has 8 heteroatoms. The lowest BCUT2D eigenvalue weighted by molar-refractivity contribution is -0.152. The Kier molecular flexibility index (Phi) is 7.94. The Labute approximate surface area is 240 Å². The van der Waals surface area contributed by atoms with E-state index in [4.69, 9.17) is 4.74 Å². The summed E-state index contributed by atoms with van der Waals surface area (Å²) in [7, 11) is 1.59. The summed E-state index contributed by atoms with van der Waals surface area (Å²) >= 11 is 0. The average Bonchev–Trinajstić information content (AvgIpc) is 3.51. The molecule has 1 spiro atoms. The maximum atomic E-state index is 14.4. The van der Waals surface area contributed by atoms with Gasteiger partial charge in [-0.2, -0.15) is 0 Å². The van der Waals surface area contributed by atoms with E-state index in [9.17, 15) is 24.6 Å². The SMILES string of the molecule is C=C1[C@@H](C)[C@H]2[C@H](C(OC)c3c[nH]c4ccccc34)NC(=O)[C@]23C(=O)CC[C@H](O)C(=O)/C(C)=C/[C@@H](C)C/C=C/[C@H]3[C@@H]1O. The number of carbonyl (C=O) groups is 3. The minimum atomic E-state index is -1.63. The second-order valence-corrected chi connectivity index (χ2v) is 12.0. The number of methoxy groups -OCH3 is 1. The Morgan fingerprint density at radius 1 is 1.15 bits per heavy atom. The zero-order valence-electron chi connectivity index (χ0n) is 24.1. The molecule has 1 amide bonds. The van der Waals surface area contributed by atoms with E-state index in [-0.39, 0.29) is 18.8 Å². The summed E-state index contributed by atoms with van der Waals surface area (Å²) in [4.78, 5) is 44.8. The molecule has 1 saturated heterocycles. The first kappa shape index (κ1) is 29.2. The molecule has 0 radical (unpaired) electrons. The topological polar surface area (TPSA) is 129 Å². The number of aliphatic hydroxyl groups excluding tert-OH is 2. The zero-order chi connectivity index (χ0) is 29.6. The van der Waals surface area contributed by atoms with E-state index in [1.54, 1.807) is 20.1 Å². The van der Waals surface area contributed by atoms with Gasteiger partial charge in [0.2, 0.25) is 5.91 Å². The molecule has 3 aliphatic rings. The average molecular weight is 561 g/mol. The maximum Gasteiger partial charge on any atom is 0.235 e. The van der Waals surface area contributed by atoms with Gasteiger partial charge in [-0.05, 0) is 48.8 Å². The second-order valence-electron chi connectivity index (χ2n) is 12.0. The molecular formula is C33H40N2O6. The number of carbonyl (C=O) groups excluding carboxylic acids is 3. The molecule has 0 bridgehead atoms. The van der Waals surface area contributed by atoms with E-state index in [1.165, 1.54) is 0 Å². The highest BCUT2D eigenvalue weighted by atomic mass is 16.5. The van der Waals surface area contributed by atoms with Crippen molar-refractivity contribution in [2.45, 2.75) is 64.4 Å². The number of ketones is 2. The Hall–Kier alpha value is -3.33. The van der Waals surface area contributed by atoms with Crippen LogP contribution in [0, 0.1) is 29.1 Å². The Morgan fingerprint density at radius 2 is 1.88 bits per heavy atom. The molecule has 218 valence electrons. The van der Waals surface area contributed by atoms with E-state index in [1.807, 2.05) is 56.5 Å². The van der Waals surface area contributed by atoms with Gasteiger partial charge >= 0.3 is 0 Å². The summed E-state index contributed by atoms with van der Waals surface area (Å²) in [6.07, 6.45) is 4.52. The fourth-order valence-corrected chi connectivity index (χ4v) is 7.55. The quantitative estimate of drug-likeness (QED) is 0.332. The van der Waals surface area contributed by atoms with Crippen molar-refractivity contribution in [2.75, 3.05) is 7.11 Å². The van der Waals surface area contributed by atoms with Crippen LogP contribution in [0.3, 0.4) is 0 Å². The van der Waals surface area contributed by atoms with Gasteiger partial charge in [0.1, 0.15) is 23.4 Å². The largest absolute Gasteiger partial charge is 0.388 e. The number of fused-ring (bicyclic) bond motifs is 1. The van der Waals surface area contributed by atoms with Crippen LogP contribution in [0.1, 0.15) is 51.7 Å². The van der Waals surface area contributed by atoms with Gasteiger partial charge < -0.3 is 25.3 Å². The van der Waals surface area contributed by atoms with Crippen molar-refractivity contribution in [3.05, 3.63) is 72.0 Å². The van der Waals surface area contributed by atoms with Crippen molar-refractivity contribution < 1.29 is 29.3 Å². The molecule has 9 atom stereocenters. The van der Waals surface area contributed by atoms with Crippen LogP contribution < -0.4 is 5.32 Å². The number of hydrogen-bond acceptors (Lipinski definition) is 6. The summed E-state index contributed by atoms with van der Waals surface area (Å²) in [6.45, 7) is 9.75. The number of H-pyrrole nitrogens is 1. The lowest BCUT2D eigenvalue weighted by Crippen LogP contribution is -2.58. The van der Waals surface area contributed by atoms with Crippen molar-refractivity contribution in [3.63, 3.8) is 0 Å². The maximum absolute atomic E-state index is 14.4. The second kappa shape index (κ2) is 11.2. The van der Waals surface area contributed by atoms with Gasteiger partial charge in [-0.25, -0.2) is 0 Å². The van der Waals surface area contributed by atoms with Crippen LogP contribution >= 0.6 is 0 Å². The molecule has 1 unspecified atom stereocenters. The molecule has 2 aromatic rings. The van der Waals surface area contributed by atoms with Crippen LogP contribution in [0.15, 0.2) is 66.4 Å². The number of aromatic nitrogens is 1. The molecule has 1 aromatic carbocycles. The molecule has 2 heterocycles. The van der Waals surface area contributed by atoms with Gasteiger partial charge in [-0.3, -0.25) is 14.4 Å². The summed E-state index contributed by atoms with van der Waals surface area (Å²) in [5, 5.41) is 26.3. The summed E-state index contributed by atoms with van der Waals surface area (Å²) < 4.78 is 6.07. The van der Waals surface area contributed by atoms with Crippen molar-refractivity contribution in [3.8, 4) is 0 Å². The van der Waals surface area contributed by atoms with Crippen LogP contribution in [0.5, 0.6) is 0 Å². The number of amides is 1. The minimum Gasteiger partial charge on any atom is -0.388 e. The number of rotatable bonds is 3. The lowest BCUT2D eigenvalue weighted by Gasteiger charge is -2.50. The van der Waals surface area contributed by atoms with Gasteiger partial charge in [-0.1, -0.05) is 56.9 Å². The van der Waals surface area contributed by atoms with Gasteiger partial charge in [-0.15, -0.1) is 0 Å². The van der Waals surface area contributed by atoms with E-state index < -0.39 is 65.0 Å². The van der Waals surface area contributed by atoms with Crippen LogP contribution in [0.4, 0.5) is 0 Å². The van der Waals surface area contributed by atoms with Gasteiger partial charge in [0.15, 0.2) is 5.78 Å². The van der Waals surface area contributed by atoms with Gasteiger partial charge in [0.05, 0.1) is 12.1 Å². The molecule has 1 saturated carbocycles. The Balaban J connectivity index is 1.65. The summed E-state index contributed by atoms with van der Waals surface area (Å²) in [6, 6.07) is 7.22. The third kappa shape index (κ3) is 4.62. The van der Waals surface area contributed by atoms with E-state index in [0.717, 1.165) is 16.5 Å². The lowest BCUT2D eigenvalue weighted by atomic mass is 9.51. The molecule has 2 fully saturated rings. The zero-order valence-corrected chi connectivity index (χ0v) is 24.1. The molecule has 41 heavy (non-hydrogen) atoms. The molecule has 8 nitrogen and oxygen atoms in total. The third-order valence-electron chi connectivity index (χ3n) is 9.65. The number of hydrogen-bond donors (Lipinski definition) is 4. The number of benzene rings is 1. The monoisotopic (exact) mass is 560 g/mol. The van der Waals surface area contributed by atoms with E-state index in [0.29, 0.717) is 17.6 Å². The van der Waals surface area contributed by atoms with E-state index >= 15 is 0 Å². The van der Waals surface area contributed by atoms with E-state index in [2.05, 4.69) is 16.9 Å². The smallest absolute Gasteiger partial charge is 0.235 e. The first-order valence-corrected chi connectivity index (χ1v) is 14.4. The van der Waals surface area contributed by atoms with Crippen LogP contribution in [0.25, 0.3) is 10.9 Å². The van der Waals surface area contributed by atoms with Crippen LogP contribution in [0.2, 0.25) is 0 Å².